The second-order valence-electron chi connectivity index (χ2n) is 8.95. The number of rotatable bonds is 9. The van der Waals surface area contributed by atoms with E-state index in [0.717, 1.165) is 57.7 Å². The molecule has 0 saturated carbocycles. The Morgan fingerprint density at radius 1 is 1.35 bits per heavy atom. The molecule has 3 saturated heterocycles. The van der Waals surface area contributed by atoms with Crippen LogP contribution >= 0.6 is 0 Å². The number of allylic oxidation sites excluding steroid dienone is 2. The number of carbonyl (C=O) groups is 3. The zero-order valence-corrected chi connectivity index (χ0v) is 20.1. The number of ether oxygens (including phenoxy) is 1. The zero-order valence-electron chi connectivity index (χ0n) is 20.1. The Labute approximate surface area is 201 Å². The van der Waals surface area contributed by atoms with E-state index in [0.29, 0.717) is 24.4 Å². The number of hydrogen-bond acceptors (Lipinski definition) is 6. The van der Waals surface area contributed by atoms with Gasteiger partial charge in [-0.15, -0.1) is 0 Å². The topological polar surface area (TPSA) is 134 Å². The van der Waals surface area contributed by atoms with Gasteiger partial charge in [-0.2, -0.15) is 0 Å². The number of aromatic nitrogens is 2. The molecule has 4 heterocycles. The van der Waals surface area contributed by atoms with Crippen LogP contribution in [0.25, 0.3) is 0 Å². The second-order valence-corrected chi connectivity index (χ2v) is 8.95. The minimum absolute atomic E-state index is 0.0353. The summed E-state index contributed by atoms with van der Waals surface area (Å²) < 4.78 is 8.61. The Morgan fingerprint density at radius 2 is 2.09 bits per heavy atom. The van der Waals surface area contributed by atoms with Gasteiger partial charge in [0.25, 0.3) is 12.9 Å². The van der Waals surface area contributed by atoms with E-state index in [2.05, 4.69) is 32.9 Å². The number of carboxylic acid groups (broad SMARTS) is 2. The van der Waals surface area contributed by atoms with Gasteiger partial charge in [-0.05, 0) is 32.6 Å². The average Bonchev–Trinajstić information content (AvgIpc) is 3.55. The van der Waals surface area contributed by atoms with Crippen LogP contribution in [0.5, 0.6) is 0 Å². The third kappa shape index (κ3) is 7.14. The molecule has 0 unspecified atom stereocenters. The van der Waals surface area contributed by atoms with E-state index in [1.165, 1.54) is 6.42 Å². The highest BCUT2D eigenvalue weighted by Crippen LogP contribution is 2.54. The molecule has 10 heteroatoms. The second kappa shape index (κ2) is 13.9. The van der Waals surface area contributed by atoms with E-state index >= 15 is 0 Å². The van der Waals surface area contributed by atoms with E-state index in [4.69, 9.17) is 24.5 Å². The molecular weight excluding hydrogens is 440 g/mol. The molecule has 1 amide bonds. The van der Waals surface area contributed by atoms with E-state index < -0.39 is 0 Å². The predicted octanol–water partition coefficient (Wildman–Crippen LogP) is 1.71. The maximum Gasteiger partial charge on any atom is 0.290 e. The van der Waals surface area contributed by atoms with Crippen molar-refractivity contribution in [2.24, 2.45) is 18.9 Å². The van der Waals surface area contributed by atoms with E-state index in [9.17, 15) is 4.79 Å². The van der Waals surface area contributed by atoms with Gasteiger partial charge in [0.05, 0.1) is 11.7 Å². The van der Waals surface area contributed by atoms with Crippen LogP contribution in [0, 0.1) is 11.8 Å². The molecule has 34 heavy (non-hydrogen) atoms. The number of amides is 1. The molecular formula is C24H38N4O6. The van der Waals surface area contributed by atoms with Crippen LogP contribution in [0.15, 0.2) is 24.5 Å². The summed E-state index contributed by atoms with van der Waals surface area (Å²) in [5.74, 6) is 2.34. The quantitative estimate of drug-likeness (QED) is 0.277. The lowest BCUT2D eigenvalue weighted by atomic mass is 9.73. The molecule has 3 aliphatic heterocycles. The van der Waals surface area contributed by atoms with Gasteiger partial charge in [-0.3, -0.25) is 19.3 Å². The van der Waals surface area contributed by atoms with E-state index in [1.54, 1.807) is 0 Å². The summed E-state index contributed by atoms with van der Waals surface area (Å²) in [6.07, 6.45) is 14.2. The Hall–Kier alpha value is -2.72. The Bertz CT molecular complexity index is 807. The van der Waals surface area contributed by atoms with Crippen molar-refractivity contribution in [1.82, 2.24) is 19.8 Å². The molecule has 1 aromatic heterocycles. The molecule has 3 fully saturated rings. The first-order valence-corrected chi connectivity index (χ1v) is 11.8. The molecule has 10 nitrogen and oxygen atoms in total. The Balaban J connectivity index is 0.000000618. The molecule has 2 bridgehead atoms. The fourth-order valence-corrected chi connectivity index (χ4v) is 5.49. The minimum atomic E-state index is -0.250. The fraction of sp³-hybridized carbons (Fsp3) is 0.667. The number of unbranched alkanes of at least 4 members (excludes halogenated alkanes) is 1. The zero-order chi connectivity index (χ0) is 25.0. The highest BCUT2D eigenvalue weighted by Gasteiger charge is 2.62. The summed E-state index contributed by atoms with van der Waals surface area (Å²) in [4.78, 5) is 35.9. The number of hydrogen-bond donors (Lipinski definition) is 3. The van der Waals surface area contributed by atoms with E-state index in [-0.39, 0.29) is 24.5 Å². The smallest absolute Gasteiger partial charge is 0.290 e. The number of carbonyl (C=O) groups excluding carboxylic acids is 1. The van der Waals surface area contributed by atoms with Gasteiger partial charge < -0.3 is 24.8 Å². The maximum atomic E-state index is 12.2. The summed E-state index contributed by atoms with van der Waals surface area (Å²) in [7, 11) is 2.06. The molecule has 3 aliphatic rings. The largest absolute Gasteiger partial charge is 0.483 e. The van der Waals surface area contributed by atoms with Gasteiger partial charge >= 0.3 is 0 Å². The van der Waals surface area contributed by atoms with Crippen molar-refractivity contribution in [2.45, 2.75) is 57.2 Å². The number of likely N-dealkylation sites (tertiary alicyclic amines) is 1. The van der Waals surface area contributed by atoms with Gasteiger partial charge in [0.15, 0.2) is 0 Å². The van der Waals surface area contributed by atoms with Crippen LogP contribution < -0.4 is 5.32 Å². The number of imidazole rings is 1. The number of nitrogens with zero attached hydrogens (tertiary/aromatic N) is 3. The molecule has 0 aliphatic carbocycles. The summed E-state index contributed by atoms with van der Waals surface area (Å²) in [6, 6.07) is 0. The first-order valence-electron chi connectivity index (χ1n) is 11.8. The maximum absolute atomic E-state index is 12.2. The third-order valence-corrected chi connectivity index (χ3v) is 6.97. The van der Waals surface area contributed by atoms with Crippen molar-refractivity contribution < 1.29 is 29.3 Å². The molecule has 4 rings (SSSR count). The number of fused-ring (bicyclic) bond motifs is 1. The molecule has 190 valence electrons. The number of aryl methyl sites for hydroxylation is 1. The lowest BCUT2D eigenvalue weighted by Crippen LogP contribution is -2.41. The summed E-state index contributed by atoms with van der Waals surface area (Å²) in [6.45, 7) is 5.44. The molecule has 3 N–H and O–H groups in total. The highest BCUT2D eigenvalue weighted by molar-refractivity contribution is 5.75. The van der Waals surface area contributed by atoms with Crippen LogP contribution in [0.4, 0.5) is 0 Å². The van der Waals surface area contributed by atoms with Crippen molar-refractivity contribution in [3.05, 3.63) is 30.4 Å². The van der Waals surface area contributed by atoms with Crippen LogP contribution in [-0.4, -0.2) is 81.4 Å². The summed E-state index contributed by atoms with van der Waals surface area (Å²) in [5.41, 5.74) is 0.0353. The van der Waals surface area contributed by atoms with Crippen LogP contribution in [0.1, 0.15) is 44.9 Å². The van der Waals surface area contributed by atoms with Crippen LogP contribution in [-0.2, 0) is 32.6 Å². The first kappa shape index (κ1) is 27.5. The van der Waals surface area contributed by atoms with Crippen molar-refractivity contribution in [1.29, 1.82) is 0 Å². The predicted molar refractivity (Wildman–Crippen MR) is 126 cm³/mol. The number of nitrogens with one attached hydrogen (secondary N) is 1. The monoisotopic (exact) mass is 478 g/mol. The SMILES string of the molecule is C/C=C/CCCC(=O)NC[C@H]1[C@H]2CN(CCc3nccn3C)C[C@]23CC[C@H]1O3.O=CO.O=CO. The van der Waals surface area contributed by atoms with Gasteiger partial charge in [0.1, 0.15) is 5.82 Å². The van der Waals surface area contributed by atoms with Gasteiger partial charge in [0, 0.05) is 70.3 Å². The minimum Gasteiger partial charge on any atom is -0.483 e. The van der Waals surface area contributed by atoms with Crippen LogP contribution in [0.3, 0.4) is 0 Å². The van der Waals surface area contributed by atoms with E-state index in [1.807, 2.05) is 25.4 Å². The lowest BCUT2D eigenvalue weighted by molar-refractivity contribution is -0.123. The molecule has 0 radical (unpaired) electrons. The third-order valence-electron chi connectivity index (χ3n) is 6.97. The standard InChI is InChI=1S/C22H34N4O2.2CH2O2/c1-3-4-5-6-7-21(27)24-14-17-18-15-26(12-9-20-23-11-13-25(20)2)16-22(18)10-8-19(17)28-22;2*2-1-3/h3-4,11,13,17-19H,5-10,12,14-16H2,1-2H3,(H,24,27);2*1H,(H,2,3)/b4-3+;;/t17-,18+,19+,22+;;/m0../s1. The van der Waals surface area contributed by atoms with Gasteiger partial charge in [-0.25, -0.2) is 4.98 Å². The van der Waals surface area contributed by atoms with Gasteiger partial charge in [-0.1, -0.05) is 12.2 Å². The molecule has 0 aromatic carbocycles. The summed E-state index contributed by atoms with van der Waals surface area (Å²) >= 11 is 0. The van der Waals surface area contributed by atoms with Crippen molar-refractivity contribution in [2.75, 3.05) is 26.2 Å². The Kier molecular flexibility index (Phi) is 11.2. The van der Waals surface area contributed by atoms with Crippen LogP contribution in [0.2, 0.25) is 0 Å². The highest BCUT2D eigenvalue weighted by atomic mass is 16.5. The Morgan fingerprint density at radius 3 is 2.74 bits per heavy atom. The molecule has 1 aromatic rings. The first-order chi connectivity index (χ1) is 16.4. The van der Waals surface area contributed by atoms with Crippen molar-refractivity contribution >= 4 is 18.9 Å². The lowest BCUT2D eigenvalue weighted by Gasteiger charge is -2.29. The molecule has 4 atom stereocenters. The van der Waals surface area contributed by atoms with Crippen molar-refractivity contribution in [3.63, 3.8) is 0 Å². The summed E-state index contributed by atoms with van der Waals surface area (Å²) in [5, 5.41) is 17.0. The molecule has 1 spiro atoms. The normalized spacial score (nSPS) is 26.8. The fourth-order valence-electron chi connectivity index (χ4n) is 5.49. The van der Waals surface area contributed by atoms with Crippen molar-refractivity contribution in [3.8, 4) is 0 Å². The van der Waals surface area contributed by atoms with Gasteiger partial charge in [0.2, 0.25) is 5.91 Å². The average molecular weight is 479 g/mol.